The van der Waals surface area contributed by atoms with Crippen molar-refractivity contribution >= 4 is 33.8 Å². The largest absolute Gasteiger partial charge is 0.343 e. The van der Waals surface area contributed by atoms with Crippen LogP contribution in [0.2, 0.25) is 0 Å². The zero-order valence-electron chi connectivity index (χ0n) is 31.8. The van der Waals surface area contributed by atoms with E-state index in [1.54, 1.807) is 14.1 Å². The summed E-state index contributed by atoms with van der Waals surface area (Å²) in [5.74, 6) is -1.52. The number of carbonyl (C=O) groups is 4. The third kappa shape index (κ3) is 9.63. The van der Waals surface area contributed by atoms with Gasteiger partial charge in [0.2, 0.25) is 23.6 Å². The molecule has 0 saturated carbocycles. The SMILES string of the molecule is CC1CC(NC(=O)C(Cc2ccccc2)NC(=O)C(N)Cc2ccccc2)C(=O)N1C(CCCCN)C(=O)N1CC2=C(C1)CN(S(=O)(=O)N1CCCCC1)C2. The molecule has 15 heteroatoms. The average Bonchev–Trinajstić information content (AvgIpc) is 3.86. The minimum absolute atomic E-state index is 0.189. The van der Waals surface area contributed by atoms with Gasteiger partial charge in [0.1, 0.15) is 18.1 Å². The molecule has 5 unspecified atom stereocenters. The van der Waals surface area contributed by atoms with E-state index in [4.69, 9.17) is 11.5 Å². The van der Waals surface area contributed by atoms with E-state index in [0.29, 0.717) is 64.8 Å². The summed E-state index contributed by atoms with van der Waals surface area (Å²) >= 11 is 0. The second kappa shape index (κ2) is 18.2. The number of hydrogen-bond acceptors (Lipinski definition) is 8. The number of hydrogen-bond donors (Lipinski definition) is 4. The quantitative estimate of drug-likeness (QED) is 0.144. The van der Waals surface area contributed by atoms with Crippen LogP contribution in [-0.2, 0) is 42.2 Å². The van der Waals surface area contributed by atoms with Gasteiger partial charge in [-0.1, -0.05) is 67.1 Å². The molecule has 6 rings (SSSR count). The van der Waals surface area contributed by atoms with Crippen LogP contribution in [0.5, 0.6) is 0 Å². The summed E-state index contributed by atoms with van der Waals surface area (Å²) in [6.07, 6.45) is 5.28. The van der Waals surface area contributed by atoms with Crippen molar-refractivity contribution in [3.8, 4) is 0 Å². The van der Waals surface area contributed by atoms with Crippen molar-refractivity contribution in [3.05, 3.63) is 82.9 Å². The molecular weight excluding hydrogens is 721 g/mol. The fourth-order valence-corrected chi connectivity index (χ4v) is 9.99. The number of nitrogens with zero attached hydrogens (tertiary/aromatic N) is 4. The van der Waals surface area contributed by atoms with Crippen LogP contribution in [-0.4, -0.2) is 126 Å². The zero-order valence-corrected chi connectivity index (χ0v) is 32.6. The Balaban J connectivity index is 1.11. The first kappa shape index (κ1) is 40.5. The van der Waals surface area contributed by atoms with Crippen LogP contribution in [0.15, 0.2) is 71.8 Å². The molecule has 0 spiro atoms. The predicted molar refractivity (Wildman–Crippen MR) is 209 cm³/mol. The average molecular weight is 777 g/mol. The minimum Gasteiger partial charge on any atom is -0.343 e. The first-order chi connectivity index (χ1) is 26.5. The molecular formula is C40H56N8O6S. The van der Waals surface area contributed by atoms with Gasteiger partial charge in [-0.15, -0.1) is 0 Å². The van der Waals surface area contributed by atoms with E-state index in [1.807, 2.05) is 67.6 Å². The molecule has 55 heavy (non-hydrogen) atoms. The van der Waals surface area contributed by atoms with Gasteiger partial charge in [-0.2, -0.15) is 17.0 Å². The van der Waals surface area contributed by atoms with Crippen molar-refractivity contribution in [1.82, 2.24) is 29.0 Å². The molecule has 4 aliphatic rings. The van der Waals surface area contributed by atoms with E-state index >= 15 is 0 Å². The number of nitrogens with one attached hydrogen (secondary N) is 2. The summed E-state index contributed by atoms with van der Waals surface area (Å²) in [6, 6.07) is 14.8. The summed E-state index contributed by atoms with van der Waals surface area (Å²) in [6.45, 7) is 4.56. The van der Waals surface area contributed by atoms with Crippen molar-refractivity contribution in [3.63, 3.8) is 0 Å². The third-order valence-electron chi connectivity index (χ3n) is 11.3. The molecule has 2 saturated heterocycles. The maximum atomic E-state index is 14.3. The molecule has 2 aromatic carbocycles. The van der Waals surface area contributed by atoms with E-state index in [1.165, 1.54) is 4.31 Å². The number of nitrogens with two attached hydrogens (primary N) is 2. The molecule has 0 aliphatic carbocycles. The van der Waals surface area contributed by atoms with Gasteiger partial charge in [0.05, 0.1) is 6.04 Å². The van der Waals surface area contributed by atoms with Crippen molar-refractivity contribution in [2.45, 2.75) is 94.9 Å². The smallest absolute Gasteiger partial charge is 0.282 e. The lowest BCUT2D eigenvalue weighted by Gasteiger charge is -2.35. The topological polar surface area (TPSA) is 191 Å². The van der Waals surface area contributed by atoms with Crippen LogP contribution in [0.25, 0.3) is 0 Å². The highest BCUT2D eigenvalue weighted by Crippen LogP contribution is 2.32. The lowest BCUT2D eigenvalue weighted by Crippen LogP contribution is -2.56. The van der Waals surface area contributed by atoms with Crippen LogP contribution in [0.1, 0.15) is 63.0 Å². The van der Waals surface area contributed by atoms with E-state index < -0.39 is 46.2 Å². The first-order valence-corrected chi connectivity index (χ1v) is 21.1. The number of amides is 4. The molecule has 5 atom stereocenters. The molecule has 2 fully saturated rings. The normalized spacial score (nSPS) is 22.4. The van der Waals surface area contributed by atoms with Gasteiger partial charge in [-0.25, -0.2) is 0 Å². The first-order valence-electron chi connectivity index (χ1n) is 19.7. The molecule has 0 bridgehead atoms. The Morgan fingerprint density at radius 1 is 0.818 bits per heavy atom. The Morgan fingerprint density at radius 3 is 2.02 bits per heavy atom. The van der Waals surface area contributed by atoms with Crippen molar-refractivity contribution < 1.29 is 27.6 Å². The number of piperidine rings is 1. The van der Waals surface area contributed by atoms with Gasteiger partial charge < -0.3 is 31.9 Å². The highest BCUT2D eigenvalue weighted by Gasteiger charge is 2.47. The monoisotopic (exact) mass is 776 g/mol. The van der Waals surface area contributed by atoms with Crippen molar-refractivity contribution in [1.29, 1.82) is 0 Å². The van der Waals surface area contributed by atoms with Gasteiger partial charge in [-0.05, 0) is 80.7 Å². The van der Waals surface area contributed by atoms with Gasteiger partial charge >= 0.3 is 0 Å². The van der Waals surface area contributed by atoms with Crippen LogP contribution >= 0.6 is 0 Å². The Bertz CT molecular complexity index is 1800. The second-order valence-corrected chi connectivity index (χ2v) is 17.3. The number of benzene rings is 2. The Hall–Kier alpha value is -4.15. The van der Waals surface area contributed by atoms with Gasteiger partial charge in [0, 0.05) is 51.7 Å². The molecule has 4 amide bonds. The standard InChI is InChI=1S/C40H56N8O6S/c1-28-21-35(44-38(50)34(23-30-15-7-3-8-16-30)43-37(49)33(42)22-29-13-5-2-6-14-29)39(51)48(28)36(17-9-10-18-41)40(52)45-24-31-26-47(27-32(31)25-45)55(53,54)46-19-11-4-12-20-46/h2-3,5-8,13-16,28,33-36H,4,9-12,17-27,41-42H2,1H3,(H,43,49)(H,44,50). The van der Waals surface area contributed by atoms with E-state index in [2.05, 4.69) is 10.6 Å². The van der Waals surface area contributed by atoms with Gasteiger partial charge in [0.25, 0.3) is 10.2 Å². The maximum absolute atomic E-state index is 14.3. The fraction of sp³-hybridized carbons (Fsp3) is 0.550. The van der Waals surface area contributed by atoms with Crippen molar-refractivity contribution in [2.24, 2.45) is 11.5 Å². The van der Waals surface area contributed by atoms with Crippen LogP contribution in [0.3, 0.4) is 0 Å². The third-order valence-corrected chi connectivity index (χ3v) is 13.2. The molecule has 0 radical (unpaired) electrons. The van der Waals surface area contributed by atoms with E-state index in [9.17, 15) is 27.6 Å². The molecule has 298 valence electrons. The molecule has 14 nitrogen and oxygen atoms in total. The predicted octanol–water partition coefficient (Wildman–Crippen LogP) is 1.07. The summed E-state index contributed by atoms with van der Waals surface area (Å²) < 4.78 is 29.8. The van der Waals surface area contributed by atoms with E-state index in [0.717, 1.165) is 41.5 Å². The summed E-state index contributed by atoms with van der Waals surface area (Å²) in [5, 5.41) is 5.74. The number of unbranched alkanes of at least 4 members (excludes halogenated alkanes) is 1. The zero-order chi connectivity index (χ0) is 39.1. The lowest BCUT2D eigenvalue weighted by molar-refractivity contribution is -0.145. The number of likely N-dealkylation sites (tertiary alicyclic amines) is 1. The molecule has 4 aliphatic heterocycles. The fourth-order valence-electron chi connectivity index (χ4n) is 8.30. The van der Waals surface area contributed by atoms with Gasteiger partial charge in [0.15, 0.2) is 0 Å². The van der Waals surface area contributed by atoms with E-state index in [-0.39, 0.29) is 37.4 Å². The molecule has 2 aromatic rings. The Kier molecular flexibility index (Phi) is 13.4. The molecule has 4 heterocycles. The Labute approximate surface area is 324 Å². The van der Waals surface area contributed by atoms with Crippen LogP contribution in [0, 0.1) is 0 Å². The Morgan fingerprint density at radius 2 is 1.42 bits per heavy atom. The van der Waals surface area contributed by atoms with Crippen molar-refractivity contribution in [2.75, 3.05) is 45.8 Å². The summed E-state index contributed by atoms with van der Waals surface area (Å²) in [4.78, 5) is 59.1. The lowest BCUT2D eigenvalue weighted by atomic mass is 10.0. The number of carbonyl (C=O) groups excluding carboxylic acids is 4. The second-order valence-electron chi connectivity index (χ2n) is 15.4. The molecule has 6 N–H and O–H groups in total. The summed E-state index contributed by atoms with van der Waals surface area (Å²) in [7, 11) is -3.57. The van der Waals surface area contributed by atoms with Crippen LogP contribution in [0.4, 0.5) is 0 Å². The number of rotatable bonds is 16. The molecule has 0 aromatic heterocycles. The highest BCUT2D eigenvalue weighted by molar-refractivity contribution is 7.86. The highest BCUT2D eigenvalue weighted by atomic mass is 32.2. The maximum Gasteiger partial charge on any atom is 0.282 e. The summed E-state index contributed by atoms with van der Waals surface area (Å²) in [5.41, 5.74) is 15.7. The van der Waals surface area contributed by atoms with Crippen LogP contribution < -0.4 is 22.1 Å². The minimum atomic E-state index is -3.57. The van der Waals surface area contributed by atoms with Gasteiger partial charge in [-0.3, -0.25) is 19.2 Å².